The number of hydrogen-bond donors (Lipinski definition) is 1. The number of nitrogens with zero attached hydrogens (tertiary/aromatic N) is 1. The molecule has 1 aromatic carbocycles. The lowest BCUT2D eigenvalue weighted by Crippen LogP contribution is -2.41. The van der Waals surface area contributed by atoms with E-state index in [4.69, 9.17) is 4.74 Å². The summed E-state index contributed by atoms with van der Waals surface area (Å²) in [6.45, 7) is 3.63. The van der Waals surface area contributed by atoms with Crippen LogP contribution in [0.5, 0.6) is 11.5 Å². The number of rotatable bonds is 3. The Kier molecular flexibility index (Phi) is 4.58. The molecule has 1 aromatic rings. The lowest BCUT2D eigenvalue weighted by atomic mass is 10.1. The average molecular weight is 281 g/mol. The number of methoxy groups -OCH3 is 1. The van der Waals surface area contributed by atoms with Crippen molar-refractivity contribution in [3.63, 3.8) is 0 Å². The molecule has 19 heavy (non-hydrogen) atoms. The summed E-state index contributed by atoms with van der Waals surface area (Å²) >= 11 is 1.91. The highest BCUT2D eigenvalue weighted by atomic mass is 32.2. The molecule has 2 rings (SSSR count). The molecule has 1 N–H and O–H groups in total. The molecule has 0 spiro atoms. The van der Waals surface area contributed by atoms with Crippen molar-refractivity contribution in [3.8, 4) is 11.5 Å². The molecule has 0 aliphatic carbocycles. The quantitative estimate of drug-likeness (QED) is 0.924. The first-order valence-corrected chi connectivity index (χ1v) is 7.48. The van der Waals surface area contributed by atoms with E-state index in [0.717, 1.165) is 25.3 Å². The fraction of sp³-hybridized carbons (Fsp3) is 0.500. The zero-order chi connectivity index (χ0) is 13.8. The van der Waals surface area contributed by atoms with Gasteiger partial charge in [-0.25, -0.2) is 0 Å². The van der Waals surface area contributed by atoms with Gasteiger partial charge in [-0.1, -0.05) is 6.92 Å². The molecular formula is C14H19NO3S. The van der Waals surface area contributed by atoms with E-state index in [1.54, 1.807) is 12.1 Å². The lowest BCUT2D eigenvalue weighted by molar-refractivity contribution is 0.0758. The molecule has 1 aliphatic rings. The van der Waals surface area contributed by atoms with Gasteiger partial charge in [0.25, 0.3) is 5.91 Å². The van der Waals surface area contributed by atoms with Crippen LogP contribution in [0.15, 0.2) is 18.2 Å². The number of ether oxygens (including phenoxy) is 1. The summed E-state index contributed by atoms with van der Waals surface area (Å²) in [4.78, 5) is 14.2. The van der Waals surface area contributed by atoms with Gasteiger partial charge in [-0.05, 0) is 18.6 Å². The van der Waals surface area contributed by atoms with Crippen LogP contribution in [0.25, 0.3) is 0 Å². The lowest BCUT2D eigenvalue weighted by Gasteiger charge is -2.32. The highest BCUT2D eigenvalue weighted by molar-refractivity contribution is 8.00. The number of hydrogen-bond acceptors (Lipinski definition) is 4. The predicted octanol–water partition coefficient (Wildman–Crippen LogP) is 2.37. The van der Waals surface area contributed by atoms with Crippen LogP contribution in [0.4, 0.5) is 0 Å². The molecule has 4 nitrogen and oxygen atoms in total. The highest BCUT2D eigenvalue weighted by Gasteiger charge is 2.25. The fourth-order valence-corrected chi connectivity index (χ4v) is 3.32. The number of carbonyl (C=O) groups is 1. The van der Waals surface area contributed by atoms with Gasteiger partial charge in [0.1, 0.15) is 11.5 Å². The van der Waals surface area contributed by atoms with Crippen LogP contribution >= 0.6 is 11.8 Å². The van der Waals surface area contributed by atoms with Crippen LogP contribution in [0.3, 0.4) is 0 Å². The molecule has 104 valence electrons. The summed E-state index contributed by atoms with van der Waals surface area (Å²) in [6, 6.07) is 4.80. The first-order chi connectivity index (χ1) is 9.15. The van der Waals surface area contributed by atoms with Crippen molar-refractivity contribution in [2.45, 2.75) is 18.6 Å². The first kappa shape index (κ1) is 14.1. The average Bonchev–Trinajstić information content (AvgIpc) is 2.46. The van der Waals surface area contributed by atoms with E-state index in [0.29, 0.717) is 16.6 Å². The number of phenols is 1. The van der Waals surface area contributed by atoms with Gasteiger partial charge in [0.2, 0.25) is 0 Å². The minimum atomic E-state index is -0.0982. The van der Waals surface area contributed by atoms with Gasteiger partial charge in [-0.3, -0.25) is 4.79 Å². The summed E-state index contributed by atoms with van der Waals surface area (Å²) < 4.78 is 5.02. The van der Waals surface area contributed by atoms with E-state index in [-0.39, 0.29) is 11.7 Å². The molecule has 1 atom stereocenters. The Balaban J connectivity index is 2.15. The Morgan fingerprint density at radius 1 is 1.58 bits per heavy atom. The van der Waals surface area contributed by atoms with Crippen molar-refractivity contribution in [2.24, 2.45) is 0 Å². The number of carbonyl (C=O) groups excluding carboxylic acids is 1. The van der Waals surface area contributed by atoms with E-state index in [9.17, 15) is 9.90 Å². The maximum atomic E-state index is 12.4. The Hall–Kier alpha value is -1.36. The predicted molar refractivity (Wildman–Crippen MR) is 77.1 cm³/mol. The number of benzene rings is 1. The molecule has 0 bridgehead atoms. The Morgan fingerprint density at radius 3 is 3.00 bits per heavy atom. The van der Waals surface area contributed by atoms with Gasteiger partial charge in [-0.2, -0.15) is 11.8 Å². The molecule has 0 saturated carbocycles. The van der Waals surface area contributed by atoms with Crippen molar-refractivity contribution in [2.75, 3.05) is 26.0 Å². The molecule has 1 fully saturated rings. The standard InChI is InChI=1S/C14H19NO3S/c1-3-11-9-15(6-7-19-11)14(17)12-5-4-10(18-2)8-13(12)16/h4-5,8,11,16H,3,6-7,9H2,1-2H3. The molecule has 0 radical (unpaired) electrons. The molecular weight excluding hydrogens is 262 g/mol. The zero-order valence-corrected chi connectivity index (χ0v) is 12.1. The highest BCUT2D eigenvalue weighted by Crippen LogP contribution is 2.27. The van der Waals surface area contributed by atoms with E-state index in [1.807, 2.05) is 16.7 Å². The van der Waals surface area contributed by atoms with E-state index >= 15 is 0 Å². The van der Waals surface area contributed by atoms with Crippen molar-refractivity contribution >= 4 is 17.7 Å². The normalized spacial score (nSPS) is 19.3. The third kappa shape index (κ3) is 3.15. The topological polar surface area (TPSA) is 49.8 Å². The van der Waals surface area contributed by atoms with E-state index < -0.39 is 0 Å². The molecule has 1 amide bonds. The minimum Gasteiger partial charge on any atom is -0.507 e. The van der Waals surface area contributed by atoms with Crippen LogP contribution in [0, 0.1) is 0 Å². The van der Waals surface area contributed by atoms with Crippen LogP contribution in [-0.2, 0) is 0 Å². The third-order valence-corrected chi connectivity index (χ3v) is 4.69. The van der Waals surface area contributed by atoms with Gasteiger partial charge in [0, 0.05) is 30.2 Å². The van der Waals surface area contributed by atoms with Crippen LogP contribution in [-0.4, -0.2) is 47.1 Å². The van der Waals surface area contributed by atoms with E-state index in [1.165, 1.54) is 13.2 Å². The van der Waals surface area contributed by atoms with E-state index in [2.05, 4.69) is 6.92 Å². The van der Waals surface area contributed by atoms with Gasteiger partial charge in [0.15, 0.2) is 0 Å². The number of thioether (sulfide) groups is 1. The van der Waals surface area contributed by atoms with Crippen LogP contribution in [0.1, 0.15) is 23.7 Å². The smallest absolute Gasteiger partial charge is 0.257 e. The number of aromatic hydroxyl groups is 1. The Labute approximate surface area is 117 Å². The summed E-state index contributed by atoms with van der Waals surface area (Å²) in [5.74, 6) is 1.39. The summed E-state index contributed by atoms with van der Waals surface area (Å²) in [5.41, 5.74) is 0.350. The largest absolute Gasteiger partial charge is 0.507 e. The molecule has 1 saturated heterocycles. The summed E-state index contributed by atoms with van der Waals surface area (Å²) in [7, 11) is 1.53. The van der Waals surface area contributed by atoms with Gasteiger partial charge in [-0.15, -0.1) is 0 Å². The molecule has 1 aliphatic heterocycles. The minimum absolute atomic E-state index is 0.0179. The van der Waals surface area contributed by atoms with Crippen molar-refractivity contribution in [1.29, 1.82) is 0 Å². The Morgan fingerprint density at radius 2 is 2.37 bits per heavy atom. The first-order valence-electron chi connectivity index (χ1n) is 6.43. The van der Waals surface area contributed by atoms with Crippen molar-refractivity contribution in [3.05, 3.63) is 23.8 Å². The third-order valence-electron chi connectivity index (χ3n) is 3.32. The molecule has 5 heteroatoms. The molecule has 0 aromatic heterocycles. The number of amides is 1. The van der Waals surface area contributed by atoms with Crippen LogP contribution in [0.2, 0.25) is 0 Å². The molecule has 1 heterocycles. The number of phenolic OH excluding ortho intramolecular Hbond substituents is 1. The second-order valence-corrected chi connectivity index (χ2v) is 5.94. The van der Waals surface area contributed by atoms with Gasteiger partial charge in [0.05, 0.1) is 12.7 Å². The SMILES string of the molecule is CCC1CN(C(=O)c2ccc(OC)cc2O)CCS1. The zero-order valence-electron chi connectivity index (χ0n) is 11.3. The maximum Gasteiger partial charge on any atom is 0.257 e. The molecule has 1 unspecified atom stereocenters. The summed E-state index contributed by atoms with van der Waals surface area (Å²) in [5, 5.41) is 10.4. The van der Waals surface area contributed by atoms with Gasteiger partial charge >= 0.3 is 0 Å². The fourth-order valence-electron chi connectivity index (χ4n) is 2.14. The van der Waals surface area contributed by atoms with Crippen molar-refractivity contribution < 1.29 is 14.6 Å². The van der Waals surface area contributed by atoms with Gasteiger partial charge < -0.3 is 14.7 Å². The monoisotopic (exact) mass is 281 g/mol. The Bertz CT molecular complexity index is 464. The maximum absolute atomic E-state index is 12.4. The summed E-state index contributed by atoms with van der Waals surface area (Å²) in [6.07, 6.45) is 1.06. The second-order valence-electron chi connectivity index (χ2n) is 4.54. The second kappa shape index (κ2) is 6.19. The van der Waals surface area contributed by atoms with Crippen molar-refractivity contribution in [1.82, 2.24) is 4.90 Å². The van der Waals surface area contributed by atoms with Crippen LogP contribution < -0.4 is 4.74 Å².